The molecule has 0 unspecified atom stereocenters. The molecule has 0 aromatic heterocycles. The van der Waals surface area contributed by atoms with Gasteiger partial charge in [0, 0.05) is 42.0 Å². The van der Waals surface area contributed by atoms with Crippen LogP contribution in [0.15, 0.2) is 42.5 Å². The molecule has 23 heteroatoms. The fourth-order valence-electron chi connectivity index (χ4n) is 7.45. The number of hydrogen-bond acceptors (Lipinski definition) is 12. The summed E-state index contributed by atoms with van der Waals surface area (Å²) in [5.74, 6) is -7.00. The number of halogens is 3. The van der Waals surface area contributed by atoms with Crippen LogP contribution in [0.2, 0.25) is 0 Å². The lowest BCUT2D eigenvalue weighted by Crippen LogP contribution is -2.57. The smallest absolute Gasteiger partial charge is 0.475 e. The summed E-state index contributed by atoms with van der Waals surface area (Å²) in [4.78, 5) is 128. The number of anilines is 1. The van der Waals surface area contributed by atoms with E-state index in [1.807, 2.05) is 20.8 Å². The minimum absolute atomic E-state index is 0.00537. The van der Waals surface area contributed by atoms with E-state index in [0.717, 1.165) is 0 Å². The second-order valence-corrected chi connectivity index (χ2v) is 17.4. The molecule has 1 aliphatic heterocycles. The zero-order chi connectivity index (χ0) is 52.5. The number of hydrogen-bond donors (Lipinski definition) is 9. The molecule has 1 heterocycles. The minimum atomic E-state index is -5.08. The number of ketones is 2. The molecule has 20 nitrogen and oxygen atoms in total. The van der Waals surface area contributed by atoms with Gasteiger partial charge in [-0.1, -0.05) is 70.0 Å². The van der Waals surface area contributed by atoms with Crippen LogP contribution >= 0.6 is 0 Å². The summed E-state index contributed by atoms with van der Waals surface area (Å²) in [6, 6.07) is 6.25. The Kier molecular flexibility index (Phi) is 21.9. The second-order valence-electron chi connectivity index (χ2n) is 17.4. The van der Waals surface area contributed by atoms with Crippen molar-refractivity contribution in [1.29, 1.82) is 0 Å². The molecule has 7 amide bonds. The number of carboxylic acids is 1. The molecule has 70 heavy (non-hydrogen) atoms. The molecule has 2 aromatic rings. The number of nitrogens with zero attached hydrogens (tertiary/aromatic N) is 1. The predicted octanol–water partition coefficient (Wildman–Crippen LogP) is 1.68. The molecule has 2 aromatic carbocycles. The number of rotatable bonds is 22. The van der Waals surface area contributed by atoms with Gasteiger partial charge in [0.15, 0.2) is 11.6 Å². The first kappa shape index (κ1) is 57.4. The maximum atomic E-state index is 13.9. The van der Waals surface area contributed by atoms with Gasteiger partial charge in [0.1, 0.15) is 30.2 Å². The maximum absolute atomic E-state index is 13.9. The van der Waals surface area contributed by atoms with E-state index in [-0.39, 0.29) is 42.8 Å². The van der Waals surface area contributed by atoms with Crippen LogP contribution in [0, 0.1) is 5.92 Å². The Morgan fingerprint density at radius 2 is 1.33 bits per heavy atom. The summed E-state index contributed by atoms with van der Waals surface area (Å²) in [7, 11) is 0. The lowest BCUT2D eigenvalue weighted by molar-refractivity contribution is -0.192. The number of benzene rings is 2. The molecule has 4 rings (SSSR count). The molecule has 0 bridgehead atoms. The zero-order valence-electron chi connectivity index (χ0n) is 40.0. The van der Waals surface area contributed by atoms with Gasteiger partial charge >= 0.3 is 12.1 Å². The Balaban J connectivity index is 0.00000171. The summed E-state index contributed by atoms with van der Waals surface area (Å²) >= 11 is 0. The molecule has 0 spiro atoms. The van der Waals surface area contributed by atoms with Crippen LogP contribution in [-0.4, -0.2) is 137 Å². The van der Waals surface area contributed by atoms with Crippen LogP contribution < -0.4 is 43.0 Å². The van der Waals surface area contributed by atoms with Gasteiger partial charge in [0.2, 0.25) is 41.4 Å². The molecule has 10 N–H and O–H groups in total. The van der Waals surface area contributed by atoms with Gasteiger partial charge in [-0.3, -0.25) is 43.2 Å². The second kappa shape index (κ2) is 26.7. The number of nitrogens with one attached hydrogen (secondary N) is 7. The summed E-state index contributed by atoms with van der Waals surface area (Å²) in [5.41, 5.74) is 7.47. The van der Waals surface area contributed by atoms with Crippen LogP contribution in [0.5, 0.6) is 0 Å². The molecule has 2 aliphatic rings. The van der Waals surface area contributed by atoms with E-state index in [1.54, 1.807) is 42.5 Å². The number of amides is 7. The van der Waals surface area contributed by atoms with Crippen molar-refractivity contribution in [1.82, 2.24) is 36.8 Å². The van der Waals surface area contributed by atoms with Crippen LogP contribution in [-0.2, 0) is 38.4 Å². The molecule has 6 atom stereocenters. The Morgan fingerprint density at radius 3 is 1.91 bits per heavy atom. The largest absolute Gasteiger partial charge is 0.490 e. The molecule has 384 valence electrons. The third kappa shape index (κ3) is 16.7. The average Bonchev–Trinajstić information content (AvgIpc) is 3.80. The highest BCUT2D eigenvalue weighted by Gasteiger charge is 2.39. The fourth-order valence-corrected chi connectivity index (χ4v) is 7.45. The monoisotopic (exact) mass is 987 g/mol. The van der Waals surface area contributed by atoms with E-state index in [0.29, 0.717) is 73.1 Å². The zero-order valence-corrected chi connectivity index (χ0v) is 40.0. The number of nitrogens with two attached hydrogens (primary N) is 1. The van der Waals surface area contributed by atoms with E-state index >= 15 is 0 Å². The highest BCUT2D eigenvalue weighted by molar-refractivity contribution is 6.30. The van der Waals surface area contributed by atoms with Gasteiger partial charge in [-0.25, -0.2) is 4.79 Å². The van der Waals surface area contributed by atoms with E-state index < -0.39 is 90.4 Å². The topological polar surface area (TPSA) is 304 Å². The Bertz CT molecular complexity index is 2260. The van der Waals surface area contributed by atoms with Crippen molar-refractivity contribution in [3.05, 3.63) is 64.7 Å². The van der Waals surface area contributed by atoms with Crippen molar-refractivity contribution in [2.45, 2.75) is 129 Å². The number of carboxylic acid groups (broad SMARTS) is 1. The number of carbonyl (C=O) groups excluding carboxylic acids is 9. The van der Waals surface area contributed by atoms with Crippen molar-refractivity contribution in [2.24, 2.45) is 11.7 Å². The van der Waals surface area contributed by atoms with Gasteiger partial charge in [-0.15, -0.1) is 0 Å². The first-order valence-corrected chi connectivity index (χ1v) is 23.1. The lowest BCUT2D eigenvalue weighted by atomic mass is 9.83. The highest BCUT2D eigenvalue weighted by Crippen LogP contribution is 2.32. The average molecular weight is 988 g/mol. The number of unbranched alkanes of at least 4 members (excludes halogenated alkanes) is 1. The van der Waals surface area contributed by atoms with Gasteiger partial charge in [0.25, 0.3) is 0 Å². The summed E-state index contributed by atoms with van der Waals surface area (Å²) in [5, 5.41) is 26.1. The Morgan fingerprint density at radius 1 is 0.743 bits per heavy atom. The first-order valence-electron chi connectivity index (χ1n) is 23.1. The quantitative estimate of drug-likeness (QED) is 0.0649. The molecular formula is C47H64F3N9O11. The standard InChI is InChI=1S/C45H63N9O9.C2HF3O2/c1-7-8-17-33(53-42(60)28(6)51-41(59)27(5)50-40(58)26(4)46)43(61)49-24-36(55)52-34(23-25(2)3)45(63)54-22-12-19-35(54)44(62)48-21-13-20-47-32-18-11-16-31-37(32)39(57)30-15-10-9-14-29(30)38(31)56;3-2(4,5)1(6)7/h9-11,14-16,18,25-28,33-35,47H,7-8,12-13,17,19-24,46H2,1-6H3,(H,48,62)(H,49,61)(H,50,58)(H,51,59)(H,52,55)(H,53,60);(H,6,7)/t26-,27+,28+,33+,34+,35+;/m1./s1. The van der Waals surface area contributed by atoms with Gasteiger partial charge in [0.05, 0.1) is 18.2 Å². The normalized spacial score (nSPS) is 16.1. The van der Waals surface area contributed by atoms with Crippen LogP contribution in [0.1, 0.15) is 118 Å². The summed E-state index contributed by atoms with van der Waals surface area (Å²) < 4.78 is 31.7. The number of likely N-dealkylation sites (tertiary alicyclic amines) is 1. The highest BCUT2D eigenvalue weighted by atomic mass is 19.4. The van der Waals surface area contributed by atoms with E-state index in [1.165, 1.54) is 25.7 Å². The Hall–Kier alpha value is -6.91. The predicted molar refractivity (Wildman–Crippen MR) is 249 cm³/mol. The number of fused-ring (bicyclic) bond motifs is 2. The SMILES string of the molecule is CCCC[C@H](NC(=O)[C@H](C)NC(=O)[C@H](C)NC(=O)[C@@H](C)N)C(=O)NCC(=O)N[C@@H](CC(C)C)C(=O)N1CCC[C@H]1C(=O)NCCCNc1cccc2c1C(=O)c1ccccc1C2=O.O=C(O)C(F)(F)F. The van der Waals surface area contributed by atoms with Crippen molar-refractivity contribution in [3.63, 3.8) is 0 Å². The molecule has 1 fully saturated rings. The van der Waals surface area contributed by atoms with Crippen molar-refractivity contribution >= 4 is 64.6 Å². The minimum Gasteiger partial charge on any atom is -0.475 e. The van der Waals surface area contributed by atoms with Crippen LogP contribution in [0.3, 0.4) is 0 Å². The molecule has 0 saturated carbocycles. The van der Waals surface area contributed by atoms with E-state index in [9.17, 15) is 56.3 Å². The lowest BCUT2D eigenvalue weighted by Gasteiger charge is -2.29. The molecule has 1 saturated heterocycles. The fraction of sp³-hybridized carbons (Fsp3) is 0.532. The van der Waals surface area contributed by atoms with Gasteiger partial charge in [-0.05, 0) is 64.9 Å². The molecule has 0 radical (unpaired) electrons. The van der Waals surface area contributed by atoms with E-state index in [2.05, 4.69) is 37.2 Å². The third-order valence-corrected chi connectivity index (χ3v) is 11.2. The van der Waals surface area contributed by atoms with Crippen molar-refractivity contribution < 1.29 is 66.2 Å². The number of aliphatic carboxylic acids is 1. The summed E-state index contributed by atoms with van der Waals surface area (Å²) in [6.45, 7) is 10.6. The Labute approximate surface area is 403 Å². The number of alkyl halides is 3. The van der Waals surface area contributed by atoms with Crippen molar-refractivity contribution in [3.8, 4) is 0 Å². The van der Waals surface area contributed by atoms with E-state index in [4.69, 9.17) is 15.6 Å². The molecule has 1 aliphatic carbocycles. The van der Waals surface area contributed by atoms with Crippen LogP contribution in [0.4, 0.5) is 18.9 Å². The van der Waals surface area contributed by atoms with Crippen molar-refractivity contribution in [2.75, 3.05) is 31.5 Å². The van der Waals surface area contributed by atoms with Gasteiger partial charge < -0.3 is 53.0 Å². The summed E-state index contributed by atoms with van der Waals surface area (Å²) in [6.07, 6.45) is -1.73. The maximum Gasteiger partial charge on any atom is 0.490 e. The number of carbonyl (C=O) groups is 10. The molecular weight excluding hydrogens is 924 g/mol. The third-order valence-electron chi connectivity index (χ3n) is 11.2. The van der Waals surface area contributed by atoms with Crippen LogP contribution in [0.25, 0.3) is 0 Å². The van der Waals surface area contributed by atoms with Gasteiger partial charge in [-0.2, -0.15) is 13.2 Å². The first-order chi connectivity index (χ1) is 32.9.